The molecule has 0 saturated carbocycles. The summed E-state index contributed by atoms with van der Waals surface area (Å²) in [6, 6.07) is 11.9. The van der Waals surface area contributed by atoms with E-state index in [1.165, 1.54) is 49.0 Å². The van der Waals surface area contributed by atoms with Crippen LogP contribution in [0, 0.1) is 19.8 Å². The van der Waals surface area contributed by atoms with Gasteiger partial charge in [0.25, 0.3) is 0 Å². The Kier molecular flexibility index (Phi) is 5.49. The number of benzene rings is 1. The molecule has 27 heavy (non-hydrogen) atoms. The third kappa shape index (κ3) is 4.52. The van der Waals surface area contributed by atoms with Crippen molar-refractivity contribution in [1.29, 1.82) is 0 Å². The van der Waals surface area contributed by atoms with Crippen molar-refractivity contribution in [3.63, 3.8) is 0 Å². The van der Waals surface area contributed by atoms with Crippen molar-refractivity contribution < 1.29 is 4.74 Å². The Labute approximate surface area is 163 Å². The van der Waals surface area contributed by atoms with E-state index in [4.69, 9.17) is 4.74 Å². The van der Waals surface area contributed by atoms with Gasteiger partial charge >= 0.3 is 0 Å². The van der Waals surface area contributed by atoms with Crippen molar-refractivity contribution in [2.24, 2.45) is 5.92 Å². The van der Waals surface area contributed by atoms with Gasteiger partial charge in [-0.2, -0.15) is 0 Å². The monoisotopic (exact) mass is 364 g/mol. The predicted octanol–water partition coefficient (Wildman–Crippen LogP) is 4.52. The lowest BCUT2D eigenvalue weighted by molar-refractivity contribution is 0.130. The Morgan fingerprint density at radius 1 is 1.15 bits per heavy atom. The van der Waals surface area contributed by atoms with Crippen LogP contribution in [0.4, 0.5) is 0 Å². The molecule has 1 unspecified atom stereocenters. The highest BCUT2D eigenvalue weighted by atomic mass is 16.5. The first-order chi connectivity index (χ1) is 13.1. The molecule has 4 rings (SSSR count). The first kappa shape index (κ1) is 18.5. The maximum atomic E-state index is 5.75. The molecule has 3 heteroatoms. The number of aromatic nitrogens is 1. The van der Waals surface area contributed by atoms with Crippen LogP contribution in [0.3, 0.4) is 0 Å². The van der Waals surface area contributed by atoms with Gasteiger partial charge in [-0.3, -0.25) is 4.98 Å². The summed E-state index contributed by atoms with van der Waals surface area (Å²) in [5.74, 6) is 1.87. The predicted molar refractivity (Wildman–Crippen MR) is 111 cm³/mol. The molecule has 1 aromatic carbocycles. The van der Waals surface area contributed by atoms with Crippen LogP contribution in [0.15, 0.2) is 30.3 Å². The summed E-state index contributed by atoms with van der Waals surface area (Å²) in [6.07, 6.45) is 6.01. The Bertz CT molecular complexity index is 781. The van der Waals surface area contributed by atoms with Crippen LogP contribution in [0.2, 0.25) is 0 Å². The molecule has 2 aliphatic heterocycles. The van der Waals surface area contributed by atoms with E-state index in [0.717, 1.165) is 42.5 Å². The lowest BCUT2D eigenvalue weighted by Crippen LogP contribution is -2.42. The quantitative estimate of drug-likeness (QED) is 0.780. The number of hydrogen-bond donors (Lipinski definition) is 0. The van der Waals surface area contributed by atoms with Crippen LogP contribution < -0.4 is 4.74 Å². The highest BCUT2D eigenvalue weighted by Crippen LogP contribution is 2.28. The molecule has 2 aromatic rings. The largest absolute Gasteiger partial charge is 0.493 e. The van der Waals surface area contributed by atoms with Crippen LogP contribution in [0.5, 0.6) is 5.75 Å². The average molecular weight is 365 g/mol. The third-order valence-electron chi connectivity index (χ3n) is 6.13. The summed E-state index contributed by atoms with van der Waals surface area (Å²) >= 11 is 0. The Morgan fingerprint density at radius 3 is 2.78 bits per heavy atom. The number of pyridine rings is 1. The molecule has 3 heterocycles. The fourth-order valence-electron chi connectivity index (χ4n) is 4.84. The van der Waals surface area contributed by atoms with E-state index in [1.54, 1.807) is 0 Å². The lowest BCUT2D eigenvalue weighted by atomic mass is 9.90. The summed E-state index contributed by atoms with van der Waals surface area (Å²) in [7, 11) is 0. The molecule has 0 bridgehead atoms. The van der Waals surface area contributed by atoms with Crippen molar-refractivity contribution in [2.75, 3.05) is 19.7 Å². The highest BCUT2D eigenvalue weighted by Gasteiger charge is 2.24. The van der Waals surface area contributed by atoms with Crippen LogP contribution in [0.1, 0.15) is 47.8 Å². The number of ether oxygens (including phenoxy) is 1. The van der Waals surface area contributed by atoms with Gasteiger partial charge in [0.15, 0.2) is 0 Å². The molecular formula is C24H32N2O. The van der Waals surface area contributed by atoms with Gasteiger partial charge in [-0.05, 0) is 93.8 Å². The zero-order valence-corrected chi connectivity index (χ0v) is 17.0. The van der Waals surface area contributed by atoms with Gasteiger partial charge in [0.05, 0.1) is 6.61 Å². The minimum atomic E-state index is 0.577. The molecule has 144 valence electrons. The first-order valence-electron chi connectivity index (χ1n) is 10.5. The molecule has 0 spiro atoms. The Hall–Kier alpha value is -1.87. The minimum Gasteiger partial charge on any atom is -0.493 e. The Balaban J connectivity index is 1.37. The molecule has 1 aromatic heterocycles. The van der Waals surface area contributed by atoms with Gasteiger partial charge < -0.3 is 9.64 Å². The number of nitrogens with zero attached hydrogens (tertiary/aromatic N) is 2. The van der Waals surface area contributed by atoms with Crippen LogP contribution in [0.25, 0.3) is 0 Å². The molecule has 2 atom stereocenters. The molecule has 0 amide bonds. The lowest BCUT2D eigenvalue weighted by Gasteiger charge is -2.37. The second-order valence-corrected chi connectivity index (χ2v) is 8.56. The zero-order valence-electron chi connectivity index (χ0n) is 17.0. The number of rotatable bonds is 5. The van der Waals surface area contributed by atoms with Gasteiger partial charge in [-0.1, -0.05) is 12.1 Å². The molecule has 1 saturated heterocycles. The molecular weight excluding hydrogens is 332 g/mol. The molecule has 1 fully saturated rings. The van der Waals surface area contributed by atoms with E-state index in [-0.39, 0.29) is 0 Å². The summed E-state index contributed by atoms with van der Waals surface area (Å²) < 4.78 is 5.75. The van der Waals surface area contributed by atoms with E-state index < -0.39 is 0 Å². The number of piperidine rings is 1. The van der Waals surface area contributed by atoms with Gasteiger partial charge in [-0.25, -0.2) is 0 Å². The number of fused-ring (bicyclic) bond motifs is 1. The van der Waals surface area contributed by atoms with Crippen LogP contribution in [-0.2, 0) is 19.3 Å². The fourth-order valence-corrected chi connectivity index (χ4v) is 4.84. The normalized spacial score (nSPS) is 20.9. The number of hydrogen-bond acceptors (Lipinski definition) is 3. The third-order valence-corrected chi connectivity index (χ3v) is 6.13. The number of aryl methyl sites for hydroxylation is 2. The topological polar surface area (TPSA) is 25.4 Å². The molecule has 0 radical (unpaired) electrons. The second kappa shape index (κ2) is 8.02. The van der Waals surface area contributed by atoms with Gasteiger partial charge in [-0.15, -0.1) is 0 Å². The van der Waals surface area contributed by atoms with Gasteiger partial charge in [0.2, 0.25) is 0 Å². The van der Waals surface area contributed by atoms with Crippen LogP contribution >= 0.6 is 0 Å². The summed E-state index contributed by atoms with van der Waals surface area (Å²) in [6.45, 7) is 9.88. The van der Waals surface area contributed by atoms with Gasteiger partial charge in [0, 0.05) is 30.4 Å². The number of likely N-dealkylation sites (tertiary alicyclic amines) is 1. The maximum Gasteiger partial charge on any atom is 0.122 e. The van der Waals surface area contributed by atoms with Crippen molar-refractivity contribution >= 4 is 0 Å². The standard InChI is InChI=1S/C24H32N2O/c1-17-11-22(12-18(2)25-17)14-21-5-4-9-26(16-21)19(3)13-20-6-7-23-8-10-27-24(23)15-20/h6-7,11-12,15,19,21H,4-5,8-10,13-14,16H2,1-3H3/t19?,21-/m1/s1. The summed E-state index contributed by atoms with van der Waals surface area (Å²) in [5, 5.41) is 0. The van der Waals surface area contributed by atoms with Crippen molar-refractivity contribution in [3.05, 3.63) is 58.4 Å². The smallest absolute Gasteiger partial charge is 0.122 e. The van der Waals surface area contributed by atoms with Crippen molar-refractivity contribution in [1.82, 2.24) is 9.88 Å². The average Bonchev–Trinajstić information content (AvgIpc) is 3.09. The second-order valence-electron chi connectivity index (χ2n) is 8.56. The fraction of sp³-hybridized carbons (Fsp3) is 0.542. The minimum absolute atomic E-state index is 0.577. The molecule has 0 aliphatic carbocycles. The van der Waals surface area contributed by atoms with Crippen molar-refractivity contribution in [3.8, 4) is 5.75 Å². The SMILES string of the molecule is Cc1cc(C[C@H]2CCCN(C(C)Cc3ccc4c(c3)OCC4)C2)cc(C)n1. The van der Waals surface area contributed by atoms with E-state index in [2.05, 4.69) is 61.0 Å². The van der Waals surface area contributed by atoms with E-state index >= 15 is 0 Å². The first-order valence-corrected chi connectivity index (χ1v) is 10.5. The zero-order chi connectivity index (χ0) is 18.8. The molecule has 2 aliphatic rings. The molecule has 3 nitrogen and oxygen atoms in total. The summed E-state index contributed by atoms with van der Waals surface area (Å²) in [5.41, 5.74) is 6.52. The summed E-state index contributed by atoms with van der Waals surface area (Å²) in [4.78, 5) is 7.22. The van der Waals surface area contributed by atoms with E-state index in [0.29, 0.717) is 6.04 Å². The van der Waals surface area contributed by atoms with E-state index in [9.17, 15) is 0 Å². The Morgan fingerprint density at radius 2 is 1.96 bits per heavy atom. The van der Waals surface area contributed by atoms with Crippen molar-refractivity contribution in [2.45, 2.75) is 58.9 Å². The van der Waals surface area contributed by atoms with E-state index in [1.807, 2.05) is 0 Å². The van der Waals surface area contributed by atoms with Crippen LogP contribution in [-0.4, -0.2) is 35.6 Å². The molecule has 0 N–H and O–H groups in total. The van der Waals surface area contributed by atoms with Gasteiger partial charge in [0.1, 0.15) is 5.75 Å². The maximum absolute atomic E-state index is 5.75. The highest BCUT2D eigenvalue weighted by molar-refractivity contribution is 5.40.